The van der Waals surface area contributed by atoms with Crippen LogP contribution in [0, 0.1) is 13.8 Å². The van der Waals surface area contributed by atoms with Crippen LogP contribution in [0.4, 0.5) is 11.4 Å². The van der Waals surface area contributed by atoms with Gasteiger partial charge in [0.2, 0.25) is 22.7 Å². The monoisotopic (exact) mass is 390 g/mol. The van der Waals surface area contributed by atoms with Crippen molar-refractivity contribution in [1.29, 1.82) is 0 Å². The summed E-state index contributed by atoms with van der Waals surface area (Å²) in [5.74, 6) is 0.805. The summed E-state index contributed by atoms with van der Waals surface area (Å²) < 4.78 is 36.2. The number of rotatable bonds is 6. The maximum absolute atomic E-state index is 12.3. The molecule has 0 fully saturated rings. The van der Waals surface area contributed by atoms with Crippen molar-refractivity contribution in [1.82, 2.24) is 0 Å². The first-order valence-electron chi connectivity index (χ1n) is 8.48. The van der Waals surface area contributed by atoms with Crippen LogP contribution in [0.25, 0.3) is 0 Å². The highest BCUT2D eigenvalue weighted by Crippen LogP contribution is 2.36. The van der Waals surface area contributed by atoms with Gasteiger partial charge < -0.3 is 14.8 Å². The average molecular weight is 390 g/mol. The molecule has 1 aliphatic rings. The Morgan fingerprint density at radius 3 is 2.59 bits per heavy atom. The molecule has 0 saturated heterocycles. The Balaban J connectivity index is 1.72. The highest BCUT2D eigenvalue weighted by molar-refractivity contribution is 7.92. The fraction of sp³-hybridized carbons (Fsp3) is 0.316. The van der Waals surface area contributed by atoms with Gasteiger partial charge in [0.25, 0.3) is 0 Å². The molecule has 0 aromatic heterocycles. The van der Waals surface area contributed by atoms with Crippen molar-refractivity contribution in [3.05, 3.63) is 47.5 Å². The number of hydrogen-bond acceptors (Lipinski definition) is 5. The summed E-state index contributed by atoms with van der Waals surface area (Å²) in [4.78, 5) is 12.3. The lowest BCUT2D eigenvalue weighted by molar-refractivity contribution is -0.116. The molecule has 0 unspecified atom stereocenters. The molecule has 0 aliphatic carbocycles. The molecule has 1 heterocycles. The number of anilines is 2. The molecular weight excluding hydrogens is 368 g/mol. The summed E-state index contributed by atoms with van der Waals surface area (Å²) in [6.07, 6.45) is 1.13. The highest BCUT2D eigenvalue weighted by Gasteiger charge is 2.22. The largest absolute Gasteiger partial charge is 0.454 e. The van der Waals surface area contributed by atoms with E-state index in [1.165, 1.54) is 4.31 Å². The maximum Gasteiger partial charge on any atom is 0.232 e. The molecule has 8 heteroatoms. The first-order valence-corrected chi connectivity index (χ1v) is 10.3. The molecule has 1 N–H and O–H groups in total. The van der Waals surface area contributed by atoms with Gasteiger partial charge in [-0.1, -0.05) is 12.1 Å². The van der Waals surface area contributed by atoms with E-state index in [2.05, 4.69) is 5.32 Å². The molecule has 0 spiro atoms. The summed E-state index contributed by atoms with van der Waals surface area (Å²) in [7, 11) is -3.56. The summed E-state index contributed by atoms with van der Waals surface area (Å²) >= 11 is 0. The van der Waals surface area contributed by atoms with E-state index >= 15 is 0 Å². The normalized spacial score (nSPS) is 12.7. The van der Waals surface area contributed by atoms with Gasteiger partial charge in [-0.05, 0) is 43.2 Å². The molecule has 1 aliphatic heterocycles. The standard InChI is InChI=1S/C19H22N2O5S/c1-13-4-5-14(2)16(10-13)20-19(22)8-9-21(27(3,23)24)15-6-7-17-18(11-15)26-12-25-17/h4-7,10-11H,8-9,12H2,1-3H3,(H,20,22). The molecule has 0 radical (unpaired) electrons. The van der Waals surface area contributed by atoms with Crippen molar-refractivity contribution >= 4 is 27.3 Å². The third kappa shape index (κ3) is 4.51. The lowest BCUT2D eigenvalue weighted by Crippen LogP contribution is -2.33. The molecule has 1 amide bonds. The van der Waals surface area contributed by atoms with Gasteiger partial charge in [-0.15, -0.1) is 0 Å². The quantitative estimate of drug-likeness (QED) is 0.820. The Labute approximate surface area is 158 Å². The summed E-state index contributed by atoms with van der Waals surface area (Å²) in [5, 5.41) is 2.85. The molecule has 2 aromatic rings. The number of amides is 1. The van der Waals surface area contributed by atoms with E-state index < -0.39 is 10.0 Å². The minimum absolute atomic E-state index is 0.0227. The van der Waals surface area contributed by atoms with Crippen LogP contribution < -0.4 is 19.1 Å². The summed E-state index contributed by atoms with van der Waals surface area (Å²) in [6, 6.07) is 10.7. The minimum Gasteiger partial charge on any atom is -0.454 e. The molecule has 3 rings (SSSR count). The second kappa shape index (κ2) is 7.48. The van der Waals surface area contributed by atoms with Gasteiger partial charge in [-0.3, -0.25) is 9.10 Å². The first-order chi connectivity index (χ1) is 12.7. The SMILES string of the molecule is Cc1ccc(C)c(NC(=O)CCN(c2ccc3c(c2)OCO3)S(C)(=O)=O)c1. The van der Waals surface area contributed by atoms with Gasteiger partial charge in [0.1, 0.15) is 0 Å². The highest BCUT2D eigenvalue weighted by atomic mass is 32.2. The van der Waals surface area contributed by atoms with Crippen LogP contribution >= 0.6 is 0 Å². The van der Waals surface area contributed by atoms with E-state index in [0.717, 1.165) is 23.1 Å². The van der Waals surface area contributed by atoms with Gasteiger partial charge in [0, 0.05) is 24.7 Å². The van der Waals surface area contributed by atoms with Gasteiger partial charge in [0.05, 0.1) is 11.9 Å². The number of ether oxygens (including phenoxy) is 2. The van der Waals surface area contributed by atoms with Gasteiger partial charge in [-0.2, -0.15) is 0 Å². The summed E-state index contributed by atoms with van der Waals surface area (Å²) in [6.45, 7) is 3.98. The van der Waals surface area contributed by atoms with E-state index in [9.17, 15) is 13.2 Å². The van der Waals surface area contributed by atoms with Crippen LogP contribution in [0.15, 0.2) is 36.4 Å². The number of hydrogen-bond donors (Lipinski definition) is 1. The molecular formula is C19H22N2O5S. The van der Waals surface area contributed by atoms with Crippen molar-refractivity contribution in [2.75, 3.05) is 29.2 Å². The topological polar surface area (TPSA) is 84.9 Å². The zero-order chi connectivity index (χ0) is 19.6. The van der Waals surface area contributed by atoms with Crippen molar-refractivity contribution < 1.29 is 22.7 Å². The van der Waals surface area contributed by atoms with Crippen LogP contribution in [-0.4, -0.2) is 33.9 Å². The molecule has 7 nitrogen and oxygen atoms in total. The Kier molecular flexibility index (Phi) is 5.27. The second-order valence-corrected chi connectivity index (χ2v) is 8.40. The van der Waals surface area contributed by atoms with Crippen LogP contribution in [-0.2, 0) is 14.8 Å². The molecule has 0 atom stereocenters. The van der Waals surface area contributed by atoms with Crippen LogP contribution in [0.2, 0.25) is 0 Å². The number of aryl methyl sites for hydroxylation is 2. The van der Waals surface area contributed by atoms with Crippen molar-refractivity contribution in [3.8, 4) is 11.5 Å². The van der Waals surface area contributed by atoms with E-state index in [4.69, 9.17) is 9.47 Å². The fourth-order valence-electron chi connectivity index (χ4n) is 2.81. The van der Waals surface area contributed by atoms with Crippen LogP contribution in [0.3, 0.4) is 0 Å². The van der Waals surface area contributed by atoms with Gasteiger partial charge >= 0.3 is 0 Å². The predicted molar refractivity (Wildman–Crippen MR) is 104 cm³/mol. The maximum atomic E-state index is 12.3. The number of carbonyl (C=O) groups excluding carboxylic acids is 1. The lowest BCUT2D eigenvalue weighted by Gasteiger charge is -2.22. The summed E-state index contributed by atoms with van der Waals surface area (Å²) in [5.41, 5.74) is 3.15. The molecule has 27 heavy (non-hydrogen) atoms. The zero-order valence-corrected chi connectivity index (χ0v) is 16.3. The Morgan fingerprint density at radius 2 is 1.85 bits per heavy atom. The van der Waals surface area contributed by atoms with E-state index in [1.54, 1.807) is 18.2 Å². The van der Waals surface area contributed by atoms with Gasteiger partial charge in [0.15, 0.2) is 11.5 Å². The third-order valence-electron chi connectivity index (χ3n) is 4.25. The number of carbonyl (C=O) groups is 1. The average Bonchev–Trinajstić information content (AvgIpc) is 3.05. The fourth-order valence-corrected chi connectivity index (χ4v) is 3.73. The molecule has 2 aromatic carbocycles. The molecule has 0 bridgehead atoms. The van der Waals surface area contributed by atoms with Crippen molar-refractivity contribution in [2.24, 2.45) is 0 Å². The van der Waals surface area contributed by atoms with E-state index in [0.29, 0.717) is 17.2 Å². The second-order valence-electron chi connectivity index (χ2n) is 6.49. The third-order valence-corrected chi connectivity index (χ3v) is 5.45. The number of benzene rings is 2. The molecule has 144 valence electrons. The first kappa shape index (κ1) is 19.0. The van der Waals surface area contributed by atoms with E-state index in [-0.39, 0.29) is 25.7 Å². The predicted octanol–water partition coefficient (Wildman–Crippen LogP) is 2.83. The van der Waals surface area contributed by atoms with Crippen LogP contribution in [0.1, 0.15) is 17.5 Å². The lowest BCUT2D eigenvalue weighted by atomic mass is 10.1. The Bertz CT molecular complexity index is 972. The van der Waals surface area contributed by atoms with Crippen molar-refractivity contribution in [3.63, 3.8) is 0 Å². The zero-order valence-electron chi connectivity index (χ0n) is 15.5. The smallest absolute Gasteiger partial charge is 0.232 e. The minimum atomic E-state index is -3.56. The Hall–Kier alpha value is -2.74. The number of nitrogens with zero attached hydrogens (tertiary/aromatic N) is 1. The number of nitrogens with one attached hydrogen (secondary N) is 1. The van der Waals surface area contributed by atoms with Crippen LogP contribution in [0.5, 0.6) is 11.5 Å². The molecule has 0 saturated carbocycles. The number of sulfonamides is 1. The number of fused-ring (bicyclic) bond motifs is 1. The van der Waals surface area contributed by atoms with Crippen molar-refractivity contribution in [2.45, 2.75) is 20.3 Å². The Morgan fingerprint density at radius 1 is 1.11 bits per heavy atom. The van der Waals surface area contributed by atoms with Gasteiger partial charge in [-0.25, -0.2) is 8.42 Å². The van der Waals surface area contributed by atoms with E-state index in [1.807, 2.05) is 32.0 Å².